The van der Waals surface area contributed by atoms with E-state index in [0.717, 1.165) is 12.5 Å². The minimum absolute atomic E-state index is 0.0579. The van der Waals surface area contributed by atoms with Crippen LogP contribution in [0.4, 0.5) is 0 Å². The van der Waals surface area contributed by atoms with E-state index in [1.165, 1.54) is 6.08 Å². The van der Waals surface area contributed by atoms with E-state index in [2.05, 4.69) is 6.58 Å². The molecule has 72 valence electrons. The van der Waals surface area contributed by atoms with Crippen molar-refractivity contribution in [2.75, 3.05) is 12.5 Å². The molecule has 0 spiro atoms. The summed E-state index contributed by atoms with van der Waals surface area (Å²) in [6, 6.07) is 0. The number of sulfone groups is 2. The molecule has 0 N–H and O–H groups in total. The van der Waals surface area contributed by atoms with Crippen molar-refractivity contribution in [3.63, 3.8) is 0 Å². The summed E-state index contributed by atoms with van der Waals surface area (Å²) in [5.74, 6) is 0. The highest BCUT2D eigenvalue weighted by Gasteiger charge is 2.29. The van der Waals surface area contributed by atoms with Crippen molar-refractivity contribution in [3.8, 4) is 0 Å². The molecule has 0 radical (unpaired) electrons. The fraction of sp³-hybridized carbons (Fsp3) is 0.667. The van der Waals surface area contributed by atoms with Crippen LogP contribution < -0.4 is 0 Å². The number of hydrogen-bond acceptors (Lipinski definition) is 4. The van der Waals surface area contributed by atoms with Crippen molar-refractivity contribution in [1.82, 2.24) is 0 Å². The van der Waals surface area contributed by atoms with Gasteiger partial charge in [0.15, 0.2) is 24.3 Å². The van der Waals surface area contributed by atoms with Gasteiger partial charge in [0.25, 0.3) is 0 Å². The molecule has 0 aliphatic carbocycles. The van der Waals surface area contributed by atoms with Crippen molar-refractivity contribution >= 4 is 19.7 Å². The zero-order valence-electron chi connectivity index (χ0n) is 7.02. The van der Waals surface area contributed by atoms with Crippen LogP contribution in [-0.2, 0) is 19.7 Å². The molecule has 0 fully saturated rings. The van der Waals surface area contributed by atoms with Gasteiger partial charge in [0.2, 0.25) is 0 Å². The molecule has 0 heterocycles. The van der Waals surface area contributed by atoms with Gasteiger partial charge < -0.3 is 0 Å². The monoisotopic (exact) mass is 212 g/mol. The van der Waals surface area contributed by atoms with Gasteiger partial charge in [0.1, 0.15) is 0 Å². The van der Waals surface area contributed by atoms with E-state index in [1.54, 1.807) is 0 Å². The van der Waals surface area contributed by atoms with E-state index in [1.807, 2.05) is 0 Å². The Bertz CT molecular complexity index is 317. The molecule has 6 heteroatoms. The van der Waals surface area contributed by atoms with E-state index in [9.17, 15) is 16.8 Å². The van der Waals surface area contributed by atoms with Gasteiger partial charge in [-0.05, 0) is 6.42 Å². The van der Waals surface area contributed by atoms with Gasteiger partial charge in [0.05, 0.1) is 0 Å². The molecule has 0 unspecified atom stereocenters. The molecule has 0 saturated carbocycles. The Labute approximate surface area is 73.1 Å². The third-order valence-corrected chi connectivity index (χ3v) is 5.71. The fourth-order valence-electron chi connectivity index (χ4n) is 0.803. The summed E-state index contributed by atoms with van der Waals surface area (Å²) < 4.78 is 42.4. The van der Waals surface area contributed by atoms with Crippen molar-refractivity contribution < 1.29 is 16.8 Å². The molecule has 0 aromatic carbocycles. The summed E-state index contributed by atoms with van der Waals surface area (Å²) in [7, 11) is -7.09. The summed E-state index contributed by atoms with van der Waals surface area (Å²) in [4.78, 5) is 0. The van der Waals surface area contributed by atoms with Gasteiger partial charge >= 0.3 is 0 Å². The molecular weight excluding hydrogens is 200 g/mol. The summed E-state index contributed by atoms with van der Waals surface area (Å²) in [5, 5.41) is 0. The molecular formula is C6H12O4S2. The Morgan fingerprint density at radius 1 is 1.17 bits per heavy atom. The van der Waals surface area contributed by atoms with Crippen molar-refractivity contribution in [2.45, 2.75) is 11.0 Å². The van der Waals surface area contributed by atoms with Gasteiger partial charge in [-0.1, -0.05) is 6.08 Å². The van der Waals surface area contributed by atoms with Gasteiger partial charge in [-0.3, -0.25) is 0 Å². The van der Waals surface area contributed by atoms with Crippen LogP contribution >= 0.6 is 0 Å². The van der Waals surface area contributed by atoms with Gasteiger partial charge in [0, 0.05) is 12.5 Å². The average Bonchev–Trinajstić information content (AvgIpc) is 1.77. The van der Waals surface area contributed by atoms with Crippen LogP contribution in [0.2, 0.25) is 0 Å². The van der Waals surface area contributed by atoms with Crippen LogP contribution in [0.15, 0.2) is 12.7 Å². The zero-order chi connectivity index (χ0) is 9.99. The molecule has 0 amide bonds. The van der Waals surface area contributed by atoms with Crippen LogP contribution in [0, 0.1) is 0 Å². The van der Waals surface area contributed by atoms with E-state index in [-0.39, 0.29) is 6.42 Å². The molecule has 4 nitrogen and oxygen atoms in total. The van der Waals surface area contributed by atoms with Gasteiger partial charge in [-0.15, -0.1) is 6.58 Å². The molecule has 0 aromatic heterocycles. The Morgan fingerprint density at radius 2 is 1.50 bits per heavy atom. The minimum Gasteiger partial charge on any atom is -0.228 e. The Morgan fingerprint density at radius 3 is 1.58 bits per heavy atom. The third kappa shape index (κ3) is 3.36. The standard InChI is InChI=1S/C6H12O4S2/c1-4-5-6(11(2,7)8)12(3,9)10/h4,6H,1,5H2,2-3H3. The first kappa shape index (κ1) is 11.6. The highest BCUT2D eigenvalue weighted by atomic mass is 32.3. The average molecular weight is 212 g/mol. The topological polar surface area (TPSA) is 68.3 Å². The van der Waals surface area contributed by atoms with Gasteiger partial charge in [-0.2, -0.15) is 0 Å². The van der Waals surface area contributed by atoms with Crippen LogP contribution in [0.1, 0.15) is 6.42 Å². The van der Waals surface area contributed by atoms with Crippen molar-refractivity contribution in [2.24, 2.45) is 0 Å². The summed E-state index contributed by atoms with van der Waals surface area (Å²) in [5.41, 5.74) is 0. The lowest BCUT2D eigenvalue weighted by Gasteiger charge is -2.09. The van der Waals surface area contributed by atoms with Crippen molar-refractivity contribution in [3.05, 3.63) is 12.7 Å². The molecule has 0 bridgehead atoms. The molecule has 12 heavy (non-hydrogen) atoms. The van der Waals surface area contributed by atoms with Crippen LogP contribution in [-0.4, -0.2) is 33.9 Å². The molecule has 0 atom stereocenters. The first-order valence-electron chi connectivity index (χ1n) is 3.18. The predicted molar refractivity (Wildman–Crippen MR) is 48.3 cm³/mol. The lowest BCUT2D eigenvalue weighted by molar-refractivity contribution is 0.581. The summed E-state index contributed by atoms with van der Waals surface area (Å²) >= 11 is 0. The third-order valence-electron chi connectivity index (χ3n) is 1.31. The van der Waals surface area contributed by atoms with E-state index in [4.69, 9.17) is 0 Å². The first-order valence-corrected chi connectivity index (χ1v) is 7.09. The lowest BCUT2D eigenvalue weighted by atomic mass is 10.5. The Kier molecular flexibility index (Phi) is 3.46. The normalized spacial score (nSPS) is 13.2. The van der Waals surface area contributed by atoms with Crippen LogP contribution in [0.3, 0.4) is 0 Å². The van der Waals surface area contributed by atoms with Gasteiger partial charge in [-0.25, -0.2) is 16.8 Å². The Hall–Kier alpha value is -0.360. The zero-order valence-corrected chi connectivity index (χ0v) is 8.65. The second kappa shape index (κ2) is 3.57. The second-order valence-corrected chi connectivity index (χ2v) is 7.37. The Balaban J connectivity index is 5.09. The van der Waals surface area contributed by atoms with E-state index in [0.29, 0.717) is 0 Å². The van der Waals surface area contributed by atoms with E-state index < -0.39 is 24.3 Å². The smallest absolute Gasteiger partial charge is 0.165 e. The molecule has 0 aliphatic rings. The maximum absolute atomic E-state index is 10.9. The largest absolute Gasteiger partial charge is 0.228 e. The molecule has 0 rings (SSSR count). The van der Waals surface area contributed by atoms with Crippen LogP contribution in [0.25, 0.3) is 0 Å². The lowest BCUT2D eigenvalue weighted by Crippen LogP contribution is -2.28. The SMILES string of the molecule is C=CCC(S(C)(=O)=O)S(C)(=O)=O. The molecule has 0 aromatic rings. The van der Waals surface area contributed by atoms with Crippen molar-refractivity contribution in [1.29, 1.82) is 0 Å². The number of allylic oxidation sites excluding steroid dienone is 1. The van der Waals surface area contributed by atoms with E-state index >= 15 is 0 Å². The predicted octanol–water partition coefficient (Wildman–Crippen LogP) is -0.0222. The van der Waals surface area contributed by atoms with Crippen LogP contribution in [0.5, 0.6) is 0 Å². The maximum Gasteiger partial charge on any atom is 0.165 e. The number of hydrogen-bond donors (Lipinski definition) is 0. The number of rotatable bonds is 4. The molecule has 0 saturated heterocycles. The first-order chi connectivity index (χ1) is 5.19. The molecule has 0 aliphatic heterocycles. The summed E-state index contributed by atoms with van der Waals surface area (Å²) in [6.07, 6.45) is 3.04. The highest BCUT2D eigenvalue weighted by Crippen LogP contribution is 2.11. The maximum atomic E-state index is 10.9. The fourth-order valence-corrected chi connectivity index (χ4v) is 4.31. The second-order valence-electron chi connectivity index (χ2n) is 2.61. The minimum atomic E-state index is -3.54. The quantitative estimate of drug-likeness (QED) is 0.614. The summed E-state index contributed by atoms with van der Waals surface area (Å²) in [6.45, 7) is 3.30. The highest BCUT2D eigenvalue weighted by molar-refractivity contribution is 8.08.